The molecule has 0 unspecified atom stereocenters. The Balaban J connectivity index is 1.20. The lowest BCUT2D eigenvalue weighted by molar-refractivity contribution is 0.299. The van der Waals surface area contributed by atoms with Crippen LogP contribution in [0.25, 0.3) is 86.7 Å². The molecule has 0 atom stereocenters. The van der Waals surface area contributed by atoms with Gasteiger partial charge >= 0.3 is 0 Å². The summed E-state index contributed by atoms with van der Waals surface area (Å²) in [5.41, 5.74) is 13.4. The van der Waals surface area contributed by atoms with Gasteiger partial charge < -0.3 is 0 Å². The van der Waals surface area contributed by atoms with Crippen molar-refractivity contribution in [3.8, 4) is 44.8 Å². The summed E-state index contributed by atoms with van der Waals surface area (Å²) in [5, 5.41) is 5.31. The molecule has 2 heterocycles. The van der Waals surface area contributed by atoms with Gasteiger partial charge in [0.1, 0.15) is 0 Å². The van der Waals surface area contributed by atoms with Crippen molar-refractivity contribution < 1.29 is 0 Å². The summed E-state index contributed by atoms with van der Waals surface area (Å²) < 4.78 is 2.68. The van der Waals surface area contributed by atoms with Crippen molar-refractivity contribution in [3.63, 3.8) is 0 Å². The molecule has 2 nitrogen and oxygen atoms in total. The molecule has 0 spiro atoms. The van der Waals surface area contributed by atoms with Gasteiger partial charge in [0.2, 0.25) is 0 Å². The molecule has 0 saturated carbocycles. The number of hydrogen-bond donors (Lipinski definition) is 0. The van der Waals surface area contributed by atoms with Crippen molar-refractivity contribution in [1.82, 2.24) is 9.97 Å². The number of nitrogens with zero attached hydrogens (tertiary/aromatic N) is 2. The molecule has 2 aromatic heterocycles. The van der Waals surface area contributed by atoms with E-state index in [0.29, 0.717) is 0 Å². The van der Waals surface area contributed by atoms with Crippen LogP contribution in [0.15, 0.2) is 146 Å². The van der Waals surface area contributed by atoms with Gasteiger partial charge in [-0.15, -0.1) is 11.3 Å². The monoisotopic (exact) mass is 672 g/mol. The van der Waals surface area contributed by atoms with Crippen molar-refractivity contribution in [2.24, 2.45) is 0 Å². The molecule has 0 radical (unpaired) electrons. The Morgan fingerprint density at radius 2 is 1.02 bits per heavy atom. The Kier molecular flexibility index (Phi) is 6.47. The van der Waals surface area contributed by atoms with Crippen molar-refractivity contribution >= 4 is 53.3 Å². The van der Waals surface area contributed by atoms with Crippen LogP contribution in [-0.4, -0.2) is 9.97 Å². The smallest absolute Gasteiger partial charge is 0.0973 e. The average Bonchev–Trinajstić information content (AvgIpc) is 3.53. The highest BCUT2D eigenvalue weighted by Gasteiger charge is 2.46. The standard InChI is InChI=1S/C48H36N2S/c1-47(2)37-21-19-33(34-20-23-39-40(27-34)50-46(30-15-9-6-10-16-30)45(49-39)29-13-7-5-8-14-29)25-35(37)43-38(48(47,3)4)22-24-41-44(43)36-26-31-17-11-12-18-32(31)28-42(36)51-41/h5-28H,1-4H3. The van der Waals surface area contributed by atoms with E-state index in [1.807, 2.05) is 23.5 Å². The Morgan fingerprint density at radius 1 is 0.451 bits per heavy atom. The third kappa shape index (κ3) is 4.48. The number of hydrogen-bond acceptors (Lipinski definition) is 3. The fourth-order valence-corrected chi connectivity index (χ4v) is 9.48. The highest BCUT2D eigenvalue weighted by Crippen LogP contribution is 2.57. The van der Waals surface area contributed by atoms with Crippen LogP contribution in [0.4, 0.5) is 0 Å². The minimum atomic E-state index is -0.0760. The minimum absolute atomic E-state index is 0.0704. The second-order valence-corrected chi connectivity index (χ2v) is 16.1. The summed E-state index contributed by atoms with van der Waals surface area (Å²) in [6, 6.07) is 52.8. The van der Waals surface area contributed by atoms with Crippen molar-refractivity contribution in [2.75, 3.05) is 0 Å². The highest BCUT2D eigenvalue weighted by molar-refractivity contribution is 7.26. The maximum absolute atomic E-state index is 5.31. The fraction of sp³-hybridized carbons (Fsp3) is 0.125. The molecule has 51 heavy (non-hydrogen) atoms. The normalized spacial score (nSPS) is 14.6. The summed E-state index contributed by atoms with van der Waals surface area (Å²) in [4.78, 5) is 10.5. The Labute approximate surface area is 302 Å². The van der Waals surface area contributed by atoms with Crippen LogP contribution in [0, 0.1) is 0 Å². The molecule has 1 aliphatic carbocycles. The van der Waals surface area contributed by atoms with E-state index in [1.54, 1.807) is 0 Å². The zero-order valence-electron chi connectivity index (χ0n) is 29.2. The second kappa shape index (κ2) is 10.9. The third-order valence-corrected chi connectivity index (χ3v) is 12.9. The van der Waals surface area contributed by atoms with E-state index >= 15 is 0 Å². The van der Waals surface area contributed by atoms with E-state index < -0.39 is 0 Å². The van der Waals surface area contributed by atoms with Crippen molar-refractivity contribution in [3.05, 3.63) is 157 Å². The van der Waals surface area contributed by atoms with Crippen molar-refractivity contribution in [2.45, 2.75) is 38.5 Å². The first kappa shape index (κ1) is 30.2. The molecule has 0 N–H and O–H groups in total. The van der Waals surface area contributed by atoms with Gasteiger partial charge in [0, 0.05) is 31.3 Å². The average molecular weight is 673 g/mol. The molecule has 0 fully saturated rings. The summed E-state index contributed by atoms with van der Waals surface area (Å²) in [7, 11) is 0. The maximum atomic E-state index is 5.31. The maximum Gasteiger partial charge on any atom is 0.0973 e. The first-order chi connectivity index (χ1) is 24.8. The summed E-state index contributed by atoms with van der Waals surface area (Å²) in [6.07, 6.45) is 0. The predicted molar refractivity (Wildman–Crippen MR) is 218 cm³/mol. The van der Waals surface area contributed by atoms with Gasteiger partial charge in [-0.25, -0.2) is 9.97 Å². The van der Waals surface area contributed by atoms with E-state index in [0.717, 1.165) is 39.1 Å². The van der Waals surface area contributed by atoms with Crippen LogP contribution in [0.1, 0.15) is 38.8 Å². The van der Waals surface area contributed by atoms with Crippen LogP contribution in [0.2, 0.25) is 0 Å². The lowest BCUT2D eigenvalue weighted by Crippen LogP contribution is -2.43. The second-order valence-electron chi connectivity index (χ2n) is 15.0. The molecule has 7 aromatic carbocycles. The van der Waals surface area contributed by atoms with Gasteiger partial charge in [-0.2, -0.15) is 0 Å². The largest absolute Gasteiger partial charge is 0.244 e. The van der Waals surface area contributed by atoms with Crippen LogP contribution in [0.5, 0.6) is 0 Å². The molecular formula is C48H36N2S. The van der Waals surface area contributed by atoms with E-state index in [4.69, 9.17) is 9.97 Å². The predicted octanol–water partition coefficient (Wildman–Crippen LogP) is 13.4. The van der Waals surface area contributed by atoms with Gasteiger partial charge in [0.25, 0.3) is 0 Å². The molecule has 3 heteroatoms. The van der Waals surface area contributed by atoms with Crippen LogP contribution >= 0.6 is 11.3 Å². The highest BCUT2D eigenvalue weighted by atomic mass is 32.1. The number of fused-ring (bicyclic) bond motifs is 9. The number of thiophene rings is 1. The summed E-state index contributed by atoms with van der Waals surface area (Å²) in [6.45, 7) is 9.68. The van der Waals surface area contributed by atoms with E-state index in [2.05, 4.69) is 161 Å². The van der Waals surface area contributed by atoms with Gasteiger partial charge in [0.05, 0.1) is 22.4 Å². The number of aromatic nitrogens is 2. The van der Waals surface area contributed by atoms with Gasteiger partial charge in [0.15, 0.2) is 0 Å². The zero-order chi connectivity index (χ0) is 34.5. The van der Waals surface area contributed by atoms with Gasteiger partial charge in [-0.1, -0.05) is 137 Å². The fourth-order valence-electron chi connectivity index (χ4n) is 8.33. The van der Waals surface area contributed by atoms with E-state index in [9.17, 15) is 0 Å². The minimum Gasteiger partial charge on any atom is -0.244 e. The Hall–Kier alpha value is -5.64. The summed E-state index contributed by atoms with van der Waals surface area (Å²) in [5.74, 6) is 0. The molecule has 10 rings (SSSR count). The lowest BCUT2D eigenvalue weighted by atomic mass is 9.55. The molecule has 0 amide bonds. The molecule has 1 aliphatic rings. The summed E-state index contributed by atoms with van der Waals surface area (Å²) >= 11 is 1.91. The van der Waals surface area contributed by atoms with Crippen LogP contribution in [-0.2, 0) is 10.8 Å². The third-order valence-electron chi connectivity index (χ3n) is 11.8. The van der Waals surface area contributed by atoms with E-state index in [-0.39, 0.29) is 10.8 Å². The Bertz CT molecular complexity index is 2850. The molecular weight excluding hydrogens is 637 g/mol. The number of rotatable bonds is 3. The first-order valence-electron chi connectivity index (χ1n) is 17.7. The quantitative estimate of drug-likeness (QED) is 0.187. The molecule has 0 saturated heterocycles. The van der Waals surface area contributed by atoms with Crippen LogP contribution < -0.4 is 0 Å². The van der Waals surface area contributed by atoms with Crippen molar-refractivity contribution in [1.29, 1.82) is 0 Å². The zero-order valence-corrected chi connectivity index (χ0v) is 30.0. The number of benzene rings is 7. The topological polar surface area (TPSA) is 25.8 Å². The molecule has 244 valence electrons. The van der Waals surface area contributed by atoms with Gasteiger partial charge in [-0.05, 0) is 91.4 Å². The molecule has 0 aliphatic heterocycles. The van der Waals surface area contributed by atoms with E-state index in [1.165, 1.54) is 58.8 Å². The lowest BCUT2D eigenvalue weighted by Gasteiger charge is -2.48. The molecule has 0 bridgehead atoms. The van der Waals surface area contributed by atoms with Crippen LogP contribution in [0.3, 0.4) is 0 Å². The SMILES string of the molecule is CC1(C)c2ccc(-c3ccc4nc(-c5ccccc5)c(-c5ccccc5)nc4c3)cc2-c2c(ccc3sc4cc5ccccc5cc4c23)C1(C)C. The van der Waals surface area contributed by atoms with Gasteiger partial charge in [-0.3, -0.25) is 0 Å². The Morgan fingerprint density at radius 3 is 1.73 bits per heavy atom. The first-order valence-corrected chi connectivity index (χ1v) is 18.6. The molecule has 9 aromatic rings.